The van der Waals surface area contributed by atoms with Crippen molar-refractivity contribution in [3.8, 4) is 6.07 Å². The van der Waals surface area contributed by atoms with Gasteiger partial charge in [-0.25, -0.2) is 9.18 Å². The average molecular weight is 407 g/mol. The Balaban J connectivity index is 1.49. The Kier molecular flexibility index (Phi) is 5.74. The maximum atomic E-state index is 14.1. The number of carbonyl (C=O) groups is 1. The van der Waals surface area contributed by atoms with Crippen molar-refractivity contribution in [2.24, 2.45) is 0 Å². The van der Waals surface area contributed by atoms with E-state index in [1.165, 1.54) is 11.6 Å². The maximum Gasteiger partial charge on any atom is 0.321 e. The zero-order valence-electron chi connectivity index (χ0n) is 17.3. The van der Waals surface area contributed by atoms with Crippen LogP contribution in [0.4, 0.5) is 14.9 Å². The van der Waals surface area contributed by atoms with Crippen LogP contribution in [0, 0.1) is 17.1 Å². The summed E-state index contributed by atoms with van der Waals surface area (Å²) in [5.41, 5.74) is 3.46. The Morgan fingerprint density at radius 2 is 1.93 bits per heavy atom. The van der Waals surface area contributed by atoms with Crippen LogP contribution in [0.25, 0.3) is 0 Å². The highest BCUT2D eigenvalue weighted by molar-refractivity contribution is 5.95. The van der Waals surface area contributed by atoms with E-state index < -0.39 is 0 Å². The summed E-state index contributed by atoms with van der Waals surface area (Å²) in [5, 5.41) is 11.9. The Morgan fingerprint density at radius 1 is 1.20 bits per heavy atom. The van der Waals surface area contributed by atoms with Crippen molar-refractivity contribution in [1.29, 1.82) is 5.26 Å². The van der Waals surface area contributed by atoms with Crippen LogP contribution < -0.4 is 10.2 Å². The van der Waals surface area contributed by atoms with Gasteiger partial charge in [0.2, 0.25) is 0 Å². The van der Waals surface area contributed by atoms with Crippen LogP contribution in [-0.4, -0.2) is 37.1 Å². The molecule has 1 N–H and O–H groups in total. The summed E-state index contributed by atoms with van der Waals surface area (Å²) in [7, 11) is 0. The minimum absolute atomic E-state index is 0.0957. The van der Waals surface area contributed by atoms with Gasteiger partial charge in [0, 0.05) is 30.7 Å². The number of anilines is 1. The smallest absolute Gasteiger partial charge is 0.321 e. The van der Waals surface area contributed by atoms with Crippen molar-refractivity contribution in [2.45, 2.75) is 38.1 Å². The molecule has 0 aromatic heterocycles. The van der Waals surface area contributed by atoms with Crippen molar-refractivity contribution < 1.29 is 9.18 Å². The normalized spacial score (nSPS) is 17.6. The number of benzene rings is 2. The number of hydrogen-bond donors (Lipinski definition) is 1. The predicted molar refractivity (Wildman–Crippen MR) is 115 cm³/mol. The zero-order valence-corrected chi connectivity index (χ0v) is 17.3. The fraction of sp³-hybridized carbons (Fsp3) is 0.417. The molecule has 6 heteroatoms. The monoisotopic (exact) mass is 406 g/mol. The lowest BCUT2D eigenvalue weighted by Crippen LogP contribution is -2.47. The number of nitriles is 1. The van der Waals surface area contributed by atoms with Crippen LogP contribution in [-0.2, 0) is 12.0 Å². The lowest BCUT2D eigenvalue weighted by Gasteiger charge is -2.40. The van der Waals surface area contributed by atoms with E-state index >= 15 is 0 Å². The van der Waals surface area contributed by atoms with Crippen LogP contribution in [0.1, 0.15) is 42.9 Å². The number of nitrogens with one attached hydrogen (secondary N) is 1. The predicted octanol–water partition coefficient (Wildman–Crippen LogP) is 4.17. The summed E-state index contributed by atoms with van der Waals surface area (Å²) in [6, 6.07) is 14.6. The van der Waals surface area contributed by atoms with Gasteiger partial charge in [-0.3, -0.25) is 9.80 Å². The molecule has 2 aromatic rings. The first-order valence-corrected chi connectivity index (χ1v) is 10.6. The number of halogens is 1. The first-order valence-electron chi connectivity index (χ1n) is 10.6. The highest BCUT2D eigenvalue weighted by atomic mass is 19.1. The molecule has 0 aliphatic carbocycles. The third kappa shape index (κ3) is 3.90. The first kappa shape index (κ1) is 20.4. The number of rotatable bonds is 4. The number of hydrogen-bond acceptors (Lipinski definition) is 3. The van der Waals surface area contributed by atoms with Crippen molar-refractivity contribution in [1.82, 2.24) is 10.2 Å². The number of likely N-dealkylation sites (tertiary alicyclic amines) is 1. The van der Waals surface area contributed by atoms with Gasteiger partial charge in [-0.2, -0.15) is 5.26 Å². The summed E-state index contributed by atoms with van der Waals surface area (Å²) in [5.74, 6) is -0.246. The summed E-state index contributed by atoms with van der Waals surface area (Å²) >= 11 is 0. The lowest BCUT2D eigenvalue weighted by molar-refractivity contribution is 0.159. The Morgan fingerprint density at radius 3 is 2.60 bits per heavy atom. The molecule has 2 aromatic carbocycles. The Bertz CT molecular complexity index is 958. The third-order valence-electron chi connectivity index (χ3n) is 6.36. The molecule has 1 spiro atoms. The van der Waals surface area contributed by atoms with E-state index in [0.29, 0.717) is 18.7 Å². The van der Waals surface area contributed by atoms with Crippen molar-refractivity contribution in [2.75, 3.05) is 31.1 Å². The molecule has 0 unspecified atom stereocenters. The minimum Gasteiger partial charge on any atom is -0.338 e. The van der Waals surface area contributed by atoms with Crippen LogP contribution in [0.2, 0.25) is 0 Å². The zero-order chi connectivity index (χ0) is 21.1. The maximum absolute atomic E-state index is 14.1. The van der Waals surface area contributed by atoms with E-state index in [-0.39, 0.29) is 17.3 Å². The molecule has 2 heterocycles. The van der Waals surface area contributed by atoms with Gasteiger partial charge in [0.15, 0.2) is 0 Å². The minimum atomic E-state index is -0.246. The average Bonchev–Trinajstić information content (AvgIpc) is 3.08. The highest BCUT2D eigenvalue weighted by Gasteiger charge is 2.46. The van der Waals surface area contributed by atoms with Crippen molar-refractivity contribution >= 4 is 11.7 Å². The van der Waals surface area contributed by atoms with Gasteiger partial charge >= 0.3 is 6.03 Å². The molecule has 1 fully saturated rings. The number of nitrogens with zero attached hydrogens (tertiary/aromatic N) is 3. The number of urea groups is 1. The Hall–Kier alpha value is -2.91. The van der Waals surface area contributed by atoms with Gasteiger partial charge in [0.05, 0.1) is 11.6 Å². The van der Waals surface area contributed by atoms with Crippen LogP contribution in [0.3, 0.4) is 0 Å². The third-order valence-corrected chi connectivity index (χ3v) is 6.36. The second-order valence-electron chi connectivity index (χ2n) is 8.34. The summed E-state index contributed by atoms with van der Waals surface area (Å²) < 4.78 is 14.1. The second-order valence-corrected chi connectivity index (χ2v) is 8.34. The van der Waals surface area contributed by atoms with E-state index in [2.05, 4.69) is 16.3 Å². The van der Waals surface area contributed by atoms with Gasteiger partial charge < -0.3 is 5.32 Å². The molecule has 2 aliphatic rings. The van der Waals surface area contributed by atoms with Crippen LogP contribution in [0.15, 0.2) is 42.5 Å². The molecule has 2 aliphatic heterocycles. The number of amides is 2. The fourth-order valence-corrected chi connectivity index (χ4v) is 4.66. The van der Waals surface area contributed by atoms with E-state index in [1.807, 2.05) is 31.2 Å². The number of piperidine rings is 1. The fourth-order valence-electron chi connectivity index (χ4n) is 4.66. The number of carbonyl (C=O) groups excluding carboxylic acids is 1. The molecule has 30 heavy (non-hydrogen) atoms. The SMILES string of the molecule is CCCNC(=O)N1CC2(CCN(Cc3ccc(C#N)cc3)CC2)c2cc(F)ccc21. The van der Waals surface area contributed by atoms with Crippen molar-refractivity contribution in [3.63, 3.8) is 0 Å². The molecule has 0 bridgehead atoms. The van der Waals surface area contributed by atoms with Crippen LogP contribution in [0.5, 0.6) is 0 Å². The molecule has 0 atom stereocenters. The van der Waals surface area contributed by atoms with Gasteiger partial charge in [0.25, 0.3) is 0 Å². The molecule has 1 saturated heterocycles. The topological polar surface area (TPSA) is 59.4 Å². The Labute approximate surface area is 177 Å². The summed E-state index contributed by atoms with van der Waals surface area (Å²) in [6.45, 7) is 5.88. The molecule has 156 valence electrons. The number of fused-ring (bicyclic) bond motifs is 2. The largest absolute Gasteiger partial charge is 0.338 e. The van der Waals surface area contributed by atoms with Crippen LogP contribution >= 0.6 is 0 Å². The van der Waals surface area contributed by atoms with E-state index in [1.54, 1.807) is 17.0 Å². The van der Waals surface area contributed by atoms with Crippen molar-refractivity contribution in [3.05, 3.63) is 65.0 Å². The van der Waals surface area contributed by atoms with Gasteiger partial charge in [-0.15, -0.1) is 0 Å². The molecule has 0 radical (unpaired) electrons. The molecule has 0 saturated carbocycles. The lowest BCUT2D eigenvalue weighted by atomic mass is 9.74. The van der Waals surface area contributed by atoms with Gasteiger partial charge in [-0.1, -0.05) is 19.1 Å². The molecular weight excluding hydrogens is 379 g/mol. The standard InChI is InChI=1S/C24H27FN4O/c1-2-11-27-23(30)29-17-24(21-14-20(25)7-8-22(21)29)9-12-28(13-10-24)16-19-5-3-18(15-26)4-6-19/h3-8,14H,2,9-13,16-17H2,1H3,(H,27,30). The molecule has 5 nitrogen and oxygen atoms in total. The highest BCUT2D eigenvalue weighted by Crippen LogP contribution is 2.47. The van der Waals surface area contributed by atoms with E-state index in [9.17, 15) is 9.18 Å². The van der Waals surface area contributed by atoms with Gasteiger partial charge in [0.1, 0.15) is 5.82 Å². The molecule has 4 rings (SSSR count). The molecular formula is C24H27FN4O. The summed E-state index contributed by atoms with van der Waals surface area (Å²) in [6.07, 6.45) is 2.65. The van der Waals surface area contributed by atoms with Gasteiger partial charge in [-0.05, 0) is 73.8 Å². The molecule has 2 amide bonds. The summed E-state index contributed by atoms with van der Waals surface area (Å²) in [4.78, 5) is 16.9. The first-order chi connectivity index (χ1) is 14.5. The second kappa shape index (κ2) is 8.45. The van der Waals surface area contributed by atoms with E-state index in [0.717, 1.165) is 50.1 Å². The quantitative estimate of drug-likeness (QED) is 0.829. The van der Waals surface area contributed by atoms with E-state index in [4.69, 9.17) is 5.26 Å².